The van der Waals surface area contributed by atoms with Crippen LogP contribution in [-0.2, 0) is 4.79 Å². The maximum atomic E-state index is 12.4. The third-order valence-electron chi connectivity index (χ3n) is 3.93. The molecule has 0 unspecified atom stereocenters. The van der Waals surface area contributed by atoms with Gasteiger partial charge in [0.15, 0.2) is 10.9 Å². The molecule has 3 aromatic rings. The van der Waals surface area contributed by atoms with Crippen LogP contribution in [0.4, 0.5) is 11.4 Å². The smallest absolute Gasteiger partial charge is 0.291 e. The number of amides is 2. The fourth-order valence-corrected chi connectivity index (χ4v) is 2.93. The molecule has 2 amide bonds. The topological polar surface area (TPSA) is 83.4 Å². The Morgan fingerprint density at radius 1 is 0.931 bits per heavy atom. The van der Waals surface area contributed by atoms with Gasteiger partial charge in [0.2, 0.25) is 5.91 Å². The molecule has 0 saturated carbocycles. The normalized spacial score (nSPS) is 10.3. The predicted molar refractivity (Wildman–Crippen MR) is 121 cm³/mol. The highest BCUT2D eigenvalue weighted by molar-refractivity contribution is 9.10. The molecule has 0 bridgehead atoms. The van der Waals surface area contributed by atoms with Crippen molar-refractivity contribution in [2.75, 3.05) is 10.6 Å². The van der Waals surface area contributed by atoms with Crippen LogP contribution in [0.3, 0.4) is 0 Å². The van der Waals surface area contributed by atoms with Crippen molar-refractivity contribution >= 4 is 56.4 Å². The first-order valence-electron chi connectivity index (χ1n) is 8.82. The Kier molecular flexibility index (Phi) is 6.79. The molecule has 0 fully saturated rings. The van der Waals surface area contributed by atoms with Crippen molar-refractivity contribution in [3.63, 3.8) is 0 Å². The SMILES string of the molecule is CCC(=O)NC(=S)Nc1ccc(NC(=O)c2ccc(-c3ccc(Br)cc3)o2)cc1. The fraction of sp³-hybridized carbons (Fsp3) is 0.0952. The number of rotatable bonds is 5. The lowest BCUT2D eigenvalue weighted by Gasteiger charge is -2.09. The first kappa shape index (κ1) is 20.8. The van der Waals surface area contributed by atoms with E-state index in [-0.39, 0.29) is 22.7 Å². The van der Waals surface area contributed by atoms with Gasteiger partial charge < -0.3 is 20.4 Å². The number of hydrogen-bond acceptors (Lipinski definition) is 4. The average Bonchev–Trinajstić information content (AvgIpc) is 3.20. The molecule has 148 valence electrons. The van der Waals surface area contributed by atoms with Crippen LogP contribution in [0.2, 0.25) is 0 Å². The molecule has 0 aliphatic carbocycles. The number of anilines is 2. The molecule has 0 radical (unpaired) electrons. The van der Waals surface area contributed by atoms with Crippen LogP contribution in [-0.4, -0.2) is 16.9 Å². The van der Waals surface area contributed by atoms with Crippen molar-refractivity contribution in [2.24, 2.45) is 0 Å². The summed E-state index contributed by atoms with van der Waals surface area (Å²) < 4.78 is 6.64. The molecule has 2 aromatic carbocycles. The van der Waals surface area contributed by atoms with Gasteiger partial charge in [0.1, 0.15) is 5.76 Å². The van der Waals surface area contributed by atoms with Crippen molar-refractivity contribution in [1.29, 1.82) is 0 Å². The van der Waals surface area contributed by atoms with E-state index in [1.807, 2.05) is 24.3 Å². The van der Waals surface area contributed by atoms with Crippen LogP contribution in [0.15, 0.2) is 69.6 Å². The van der Waals surface area contributed by atoms with Crippen LogP contribution in [0, 0.1) is 0 Å². The molecule has 0 aliphatic rings. The Morgan fingerprint density at radius 3 is 2.17 bits per heavy atom. The summed E-state index contributed by atoms with van der Waals surface area (Å²) >= 11 is 8.46. The number of carbonyl (C=O) groups excluding carboxylic acids is 2. The maximum Gasteiger partial charge on any atom is 0.291 e. The minimum absolute atomic E-state index is 0.160. The molecular weight excluding hydrogens is 454 g/mol. The van der Waals surface area contributed by atoms with Gasteiger partial charge in [-0.15, -0.1) is 0 Å². The molecule has 3 N–H and O–H groups in total. The van der Waals surface area contributed by atoms with Gasteiger partial charge in [0.05, 0.1) is 0 Å². The zero-order valence-electron chi connectivity index (χ0n) is 15.5. The number of benzene rings is 2. The Morgan fingerprint density at radius 2 is 1.55 bits per heavy atom. The van der Waals surface area contributed by atoms with Crippen molar-refractivity contribution in [3.05, 3.63) is 70.9 Å². The Hall–Kier alpha value is -2.97. The highest BCUT2D eigenvalue weighted by Crippen LogP contribution is 2.24. The van der Waals surface area contributed by atoms with Gasteiger partial charge in [-0.05, 0) is 60.7 Å². The number of carbonyl (C=O) groups is 2. The molecular formula is C21H18BrN3O3S. The second-order valence-electron chi connectivity index (χ2n) is 6.06. The molecule has 0 atom stereocenters. The molecule has 3 rings (SSSR count). The largest absolute Gasteiger partial charge is 0.451 e. The molecule has 6 nitrogen and oxygen atoms in total. The number of halogens is 1. The Balaban J connectivity index is 1.60. The average molecular weight is 472 g/mol. The third kappa shape index (κ3) is 5.75. The second-order valence-corrected chi connectivity index (χ2v) is 7.38. The summed E-state index contributed by atoms with van der Waals surface area (Å²) in [4.78, 5) is 23.8. The van der Waals surface area contributed by atoms with Crippen LogP contribution in [0.25, 0.3) is 11.3 Å². The first-order chi connectivity index (χ1) is 13.9. The van der Waals surface area contributed by atoms with Gasteiger partial charge in [-0.2, -0.15) is 0 Å². The lowest BCUT2D eigenvalue weighted by Crippen LogP contribution is -2.33. The van der Waals surface area contributed by atoms with Gasteiger partial charge in [-0.3, -0.25) is 9.59 Å². The lowest BCUT2D eigenvalue weighted by atomic mass is 10.2. The summed E-state index contributed by atoms with van der Waals surface area (Å²) in [6, 6.07) is 18.0. The predicted octanol–water partition coefficient (Wildman–Crippen LogP) is 5.18. The summed E-state index contributed by atoms with van der Waals surface area (Å²) in [5, 5.41) is 8.48. The van der Waals surface area contributed by atoms with E-state index in [2.05, 4.69) is 31.9 Å². The lowest BCUT2D eigenvalue weighted by molar-refractivity contribution is -0.119. The van der Waals surface area contributed by atoms with Crippen LogP contribution in [0.1, 0.15) is 23.9 Å². The fourth-order valence-electron chi connectivity index (χ4n) is 2.44. The zero-order valence-corrected chi connectivity index (χ0v) is 17.9. The third-order valence-corrected chi connectivity index (χ3v) is 4.67. The molecule has 0 spiro atoms. The molecule has 0 aliphatic heterocycles. The van der Waals surface area contributed by atoms with E-state index in [1.165, 1.54) is 0 Å². The summed E-state index contributed by atoms with van der Waals surface area (Å²) in [6.07, 6.45) is 0.350. The van der Waals surface area contributed by atoms with E-state index in [1.54, 1.807) is 43.3 Å². The Bertz CT molecular complexity index is 1030. The first-order valence-corrected chi connectivity index (χ1v) is 10.0. The van der Waals surface area contributed by atoms with Gasteiger partial charge in [0.25, 0.3) is 5.91 Å². The van der Waals surface area contributed by atoms with E-state index in [0.29, 0.717) is 23.6 Å². The van der Waals surface area contributed by atoms with E-state index >= 15 is 0 Å². The van der Waals surface area contributed by atoms with E-state index in [0.717, 1.165) is 10.0 Å². The monoisotopic (exact) mass is 471 g/mol. The van der Waals surface area contributed by atoms with Crippen LogP contribution in [0.5, 0.6) is 0 Å². The van der Waals surface area contributed by atoms with Crippen molar-refractivity contribution < 1.29 is 14.0 Å². The number of hydrogen-bond donors (Lipinski definition) is 3. The zero-order chi connectivity index (χ0) is 20.8. The molecule has 1 heterocycles. The van der Waals surface area contributed by atoms with Gasteiger partial charge in [-0.25, -0.2) is 0 Å². The minimum Gasteiger partial charge on any atom is -0.451 e. The van der Waals surface area contributed by atoms with E-state index in [9.17, 15) is 9.59 Å². The summed E-state index contributed by atoms with van der Waals surface area (Å²) in [5.74, 6) is 0.325. The van der Waals surface area contributed by atoms with Crippen LogP contribution >= 0.6 is 28.1 Å². The standard InChI is InChI=1S/C21H18BrN3O3S/c1-2-19(26)25-21(29)24-16-9-7-15(8-10-16)23-20(27)18-12-11-17(28-18)13-3-5-14(22)6-4-13/h3-12H,2H2,1H3,(H,23,27)(H2,24,25,26,29). The summed E-state index contributed by atoms with van der Waals surface area (Å²) in [6.45, 7) is 1.75. The minimum atomic E-state index is -0.347. The molecule has 1 aromatic heterocycles. The Labute approximate surface area is 181 Å². The molecule has 8 heteroatoms. The summed E-state index contributed by atoms with van der Waals surface area (Å²) in [7, 11) is 0. The number of nitrogens with one attached hydrogen (secondary N) is 3. The number of thiocarbonyl (C=S) groups is 1. The van der Waals surface area contributed by atoms with E-state index in [4.69, 9.17) is 16.6 Å². The molecule has 0 saturated heterocycles. The second kappa shape index (κ2) is 9.49. The summed E-state index contributed by atoms with van der Waals surface area (Å²) in [5.41, 5.74) is 2.18. The molecule has 29 heavy (non-hydrogen) atoms. The van der Waals surface area contributed by atoms with Gasteiger partial charge >= 0.3 is 0 Å². The highest BCUT2D eigenvalue weighted by atomic mass is 79.9. The van der Waals surface area contributed by atoms with Crippen molar-refractivity contribution in [2.45, 2.75) is 13.3 Å². The van der Waals surface area contributed by atoms with Crippen LogP contribution < -0.4 is 16.0 Å². The van der Waals surface area contributed by atoms with Crippen molar-refractivity contribution in [3.8, 4) is 11.3 Å². The maximum absolute atomic E-state index is 12.4. The quantitative estimate of drug-likeness (QED) is 0.446. The van der Waals surface area contributed by atoms with E-state index < -0.39 is 0 Å². The van der Waals surface area contributed by atoms with Gasteiger partial charge in [-0.1, -0.05) is 35.0 Å². The number of furan rings is 1. The van der Waals surface area contributed by atoms with Gasteiger partial charge in [0, 0.05) is 27.8 Å². The van der Waals surface area contributed by atoms with Crippen molar-refractivity contribution in [1.82, 2.24) is 5.32 Å². The highest BCUT2D eigenvalue weighted by Gasteiger charge is 2.13.